The highest BCUT2D eigenvalue weighted by Gasteiger charge is 2.23. The number of rotatable bonds is 4. The van der Waals surface area contributed by atoms with E-state index in [2.05, 4.69) is 29.0 Å². The predicted molar refractivity (Wildman–Crippen MR) is 87.8 cm³/mol. The molecule has 1 aromatic rings. The van der Waals surface area contributed by atoms with Crippen molar-refractivity contribution in [1.29, 1.82) is 0 Å². The number of nitrogen functional groups attached to an aromatic ring is 1. The van der Waals surface area contributed by atoms with Crippen molar-refractivity contribution in [2.75, 3.05) is 43.4 Å². The summed E-state index contributed by atoms with van der Waals surface area (Å²) in [5, 5.41) is 2.79. The van der Waals surface area contributed by atoms with E-state index in [0.29, 0.717) is 23.8 Å². The van der Waals surface area contributed by atoms with E-state index in [0.717, 1.165) is 31.9 Å². The minimum Gasteiger partial charge on any atom is -0.397 e. The lowest BCUT2D eigenvalue weighted by atomic mass is 10.1. The summed E-state index contributed by atoms with van der Waals surface area (Å²) in [6.45, 7) is 11.1. The lowest BCUT2D eigenvalue weighted by Gasteiger charge is -2.40. The molecule has 0 radical (unpaired) electrons. The van der Waals surface area contributed by atoms with Crippen molar-refractivity contribution in [1.82, 2.24) is 10.2 Å². The molecule has 1 unspecified atom stereocenters. The van der Waals surface area contributed by atoms with Crippen LogP contribution in [0.3, 0.4) is 0 Å². The fourth-order valence-electron chi connectivity index (χ4n) is 2.93. The van der Waals surface area contributed by atoms with Gasteiger partial charge in [-0.25, -0.2) is 0 Å². The molecule has 1 saturated heterocycles. The van der Waals surface area contributed by atoms with Crippen LogP contribution in [0.15, 0.2) is 18.2 Å². The summed E-state index contributed by atoms with van der Waals surface area (Å²) < 4.78 is 0. The Balaban J connectivity index is 2.13. The van der Waals surface area contributed by atoms with Gasteiger partial charge in [-0.15, -0.1) is 0 Å². The number of likely N-dealkylation sites (N-methyl/N-ethyl adjacent to an activating group) is 1. The molecule has 1 amide bonds. The van der Waals surface area contributed by atoms with Crippen LogP contribution in [-0.2, 0) is 0 Å². The molecule has 5 nitrogen and oxygen atoms in total. The van der Waals surface area contributed by atoms with Gasteiger partial charge in [0.25, 0.3) is 5.91 Å². The van der Waals surface area contributed by atoms with Crippen LogP contribution >= 0.6 is 0 Å². The van der Waals surface area contributed by atoms with Gasteiger partial charge >= 0.3 is 0 Å². The third-order valence-corrected chi connectivity index (χ3v) is 4.14. The maximum absolute atomic E-state index is 11.8. The second-order valence-corrected chi connectivity index (χ2v) is 5.56. The number of carbonyl (C=O) groups excluding carboxylic acids is 1. The number of nitrogens with zero attached hydrogens (tertiary/aromatic N) is 2. The molecule has 1 heterocycles. The van der Waals surface area contributed by atoms with Gasteiger partial charge in [-0.2, -0.15) is 0 Å². The second kappa shape index (κ2) is 6.80. The summed E-state index contributed by atoms with van der Waals surface area (Å²) in [4.78, 5) is 16.6. The van der Waals surface area contributed by atoms with Gasteiger partial charge in [0.15, 0.2) is 0 Å². The zero-order valence-corrected chi connectivity index (χ0v) is 13.2. The summed E-state index contributed by atoms with van der Waals surface area (Å²) in [7, 11) is 0. The number of hydrogen-bond acceptors (Lipinski definition) is 4. The number of carbonyl (C=O) groups is 1. The van der Waals surface area contributed by atoms with E-state index in [9.17, 15) is 4.79 Å². The maximum Gasteiger partial charge on any atom is 0.251 e. The topological polar surface area (TPSA) is 61.6 Å². The molecular formula is C16H26N4O. The van der Waals surface area contributed by atoms with Crippen LogP contribution in [0.25, 0.3) is 0 Å². The minimum atomic E-state index is -0.0695. The molecule has 1 atom stereocenters. The smallest absolute Gasteiger partial charge is 0.251 e. The van der Waals surface area contributed by atoms with E-state index in [-0.39, 0.29) is 5.91 Å². The molecule has 0 aromatic heterocycles. The van der Waals surface area contributed by atoms with Gasteiger partial charge in [0.05, 0.1) is 11.4 Å². The molecule has 1 fully saturated rings. The van der Waals surface area contributed by atoms with E-state index in [1.807, 2.05) is 19.1 Å². The van der Waals surface area contributed by atoms with Gasteiger partial charge < -0.3 is 16.0 Å². The van der Waals surface area contributed by atoms with Crippen LogP contribution in [0.5, 0.6) is 0 Å². The number of nitrogens with two attached hydrogens (primary N) is 1. The lowest BCUT2D eigenvalue weighted by Crippen LogP contribution is -2.51. The fraction of sp³-hybridized carbons (Fsp3) is 0.562. The van der Waals surface area contributed by atoms with Crippen molar-refractivity contribution in [3.63, 3.8) is 0 Å². The highest BCUT2D eigenvalue weighted by atomic mass is 16.1. The molecule has 0 aliphatic carbocycles. The summed E-state index contributed by atoms with van der Waals surface area (Å²) >= 11 is 0. The molecule has 3 N–H and O–H groups in total. The van der Waals surface area contributed by atoms with Crippen molar-refractivity contribution in [2.45, 2.75) is 26.8 Å². The first-order valence-corrected chi connectivity index (χ1v) is 7.73. The van der Waals surface area contributed by atoms with Crippen LogP contribution in [0.2, 0.25) is 0 Å². The number of amides is 1. The van der Waals surface area contributed by atoms with Crippen LogP contribution in [0.1, 0.15) is 31.1 Å². The zero-order valence-electron chi connectivity index (χ0n) is 13.2. The Hall–Kier alpha value is -1.75. The molecule has 0 bridgehead atoms. The minimum absolute atomic E-state index is 0.0695. The monoisotopic (exact) mass is 290 g/mol. The number of benzene rings is 1. The van der Waals surface area contributed by atoms with Crippen LogP contribution in [0.4, 0.5) is 11.4 Å². The fourth-order valence-corrected chi connectivity index (χ4v) is 2.93. The number of piperazine rings is 1. The van der Waals surface area contributed by atoms with Gasteiger partial charge in [0.1, 0.15) is 0 Å². The van der Waals surface area contributed by atoms with Crippen molar-refractivity contribution < 1.29 is 4.79 Å². The van der Waals surface area contributed by atoms with E-state index >= 15 is 0 Å². The zero-order chi connectivity index (χ0) is 15.4. The van der Waals surface area contributed by atoms with Crippen molar-refractivity contribution in [3.8, 4) is 0 Å². The Morgan fingerprint density at radius 1 is 1.38 bits per heavy atom. The second-order valence-electron chi connectivity index (χ2n) is 5.56. The highest BCUT2D eigenvalue weighted by molar-refractivity contribution is 5.96. The van der Waals surface area contributed by atoms with Crippen molar-refractivity contribution >= 4 is 17.3 Å². The summed E-state index contributed by atoms with van der Waals surface area (Å²) in [5.41, 5.74) is 8.50. The summed E-state index contributed by atoms with van der Waals surface area (Å²) in [5.74, 6) is -0.0695. The van der Waals surface area contributed by atoms with Crippen molar-refractivity contribution in [3.05, 3.63) is 23.8 Å². The predicted octanol–water partition coefficient (Wildman–Crippen LogP) is 1.55. The normalized spacial score (nSPS) is 19.6. The van der Waals surface area contributed by atoms with E-state index < -0.39 is 0 Å². The molecule has 116 valence electrons. The van der Waals surface area contributed by atoms with Gasteiger partial charge in [-0.05, 0) is 38.6 Å². The first-order valence-electron chi connectivity index (χ1n) is 7.73. The number of anilines is 2. The Labute approximate surface area is 127 Å². The maximum atomic E-state index is 11.8. The number of hydrogen-bond donors (Lipinski definition) is 2. The summed E-state index contributed by atoms with van der Waals surface area (Å²) in [6, 6.07) is 6.12. The molecule has 0 spiro atoms. The van der Waals surface area contributed by atoms with Crippen LogP contribution in [-0.4, -0.2) is 49.6 Å². The molecule has 0 saturated carbocycles. The summed E-state index contributed by atoms with van der Waals surface area (Å²) in [6.07, 6.45) is 0. The molecule has 21 heavy (non-hydrogen) atoms. The quantitative estimate of drug-likeness (QED) is 0.826. The van der Waals surface area contributed by atoms with Gasteiger partial charge in [0, 0.05) is 37.8 Å². The molecule has 2 rings (SSSR count). The first kappa shape index (κ1) is 15.6. The average molecular weight is 290 g/mol. The molecular weight excluding hydrogens is 264 g/mol. The Morgan fingerprint density at radius 2 is 2.14 bits per heavy atom. The van der Waals surface area contributed by atoms with E-state index in [1.54, 1.807) is 6.07 Å². The largest absolute Gasteiger partial charge is 0.397 e. The third kappa shape index (κ3) is 3.47. The molecule has 5 heteroatoms. The third-order valence-electron chi connectivity index (χ3n) is 4.14. The van der Waals surface area contributed by atoms with Gasteiger partial charge in [-0.1, -0.05) is 6.92 Å². The number of nitrogens with one attached hydrogen (secondary N) is 1. The van der Waals surface area contributed by atoms with E-state index in [1.165, 1.54) is 0 Å². The first-order chi connectivity index (χ1) is 10.1. The molecule has 1 aliphatic heterocycles. The molecule has 1 aliphatic rings. The Kier molecular flexibility index (Phi) is 5.07. The standard InChI is InChI=1S/C16H26N4O/c1-4-18-16(21)13-6-7-15(14(17)10-13)20-9-8-19(5-2)12(3)11-20/h6-7,10,12H,4-5,8-9,11,17H2,1-3H3,(H,18,21). The molecule has 1 aromatic carbocycles. The van der Waals surface area contributed by atoms with Crippen LogP contribution in [0, 0.1) is 0 Å². The highest BCUT2D eigenvalue weighted by Crippen LogP contribution is 2.26. The van der Waals surface area contributed by atoms with Crippen LogP contribution < -0.4 is 16.0 Å². The SMILES string of the molecule is CCNC(=O)c1ccc(N2CCN(CC)C(C)C2)c(N)c1. The van der Waals surface area contributed by atoms with E-state index in [4.69, 9.17) is 5.73 Å². The Bertz CT molecular complexity index is 503. The van der Waals surface area contributed by atoms with Gasteiger partial charge in [-0.3, -0.25) is 9.69 Å². The van der Waals surface area contributed by atoms with Crippen molar-refractivity contribution in [2.24, 2.45) is 0 Å². The Morgan fingerprint density at radius 3 is 2.71 bits per heavy atom. The lowest BCUT2D eigenvalue weighted by molar-refractivity contribution is 0.0956. The average Bonchev–Trinajstić information content (AvgIpc) is 2.47. The van der Waals surface area contributed by atoms with Gasteiger partial charge in [0.2, 0.25) is 0 Å².